The number of rotatable bonds is 8. The van der Waals surface area contributed by atoms with Crippen molar-refractivity contribution in [3.8, 4) is 0 Å². The molecule has 0 saturated carbocycles. The molecule has 1 aromatic heterocycles. The molecule has 0 unspecified atom stereocenters. The molecule has 6 heteroatoms. The lowest BCUT2D eigenvalue weighted by molar-refractivity contribution is -0.167. The van der Waals surface area contributed by atoms with Gasteiger partial charge in [-0.25, -0.2) is 9.67 Å². The molecule has 0 N–H and O–H groups in total. The molecule has 6 nitrogen and oxygen atoms in total. The fourth-order valence-electron chi connectivity index (χ4n) is 1.47. The molecule has 0 aliphatic carbocycles. The van der Waals surface area contributed by atoms with E-state index < -0.39 is 6.29 Å². The van der Waals surface area contributed by atoms with E-state index in [2.05, 4.69) is 10.1 Å². The summed E-state index contributed by atoms with van der Waals surface area (Å²) in [5.74, 6) is 0.512. The monoisotopic (exact) mass is 241 g/mol. The van der Waals surface area contributed by atoms with Crippen molar-refractivity contribution in [3.63, 3.8) is 0 Å². The van der Waals surface area contributed by atoms with Gasteiger partial charge in [0, 0.05) is 19.8 Å². The molecule has 0 aromatic carbocycles. The number of ketones is 1. The van der Waals surface area contributed by atoms with Crippen LogP contribution in [-0.2, 0) is 27.2 Å². The molecule has 1 aromatic rings. The molecule has 1 rings (SSSR count). The topological polar surface area (TPSA) is 66.2 Å². The first-order valence-electron chi connectivity index (χ1n) is 5.85. The lowest BCUT2D eigenvalue weighted by atomic mass is 10.2. The summed E-state index contributed by atoms with van der Waals surface area (Å²) in [5.41, 5.74) is 0. The predicted molar refractivity (Wildman–Crippen MR) is 61.4 cm³/mol. The van der Waals surface area contributed by atoms with Crippen molar-refractivity contribution >= 4 is 5.78 Å². The van der Waals surface area contributed by atoms with Gasteiger partial charge in [-0.3, -0.25) is 4.79 Å². The minimum Gasteiger partial charge on any atom is -0.346 e. The number of hydrogen-bond donors (Lipinski definition) is 0. The van der Waals surface area contributed by atoms with Gasteiger partial charge in [-0.1, -0.05) is 0 Å². The van der Waals surface area contributed by atoms with Gasteiger partial charge in [0.25, 0.3) is 0 Å². The first kappa shape index (κ1) is 13.8. The van der Waals surface area contributed by atoms with Gasteiger partial charge in [-0.15, -0.1) is 0 Å². The number of nitrogens with zero attached hydrogens (tertiary/aromatic N) is 3. The lowest BCUT2D eigenvalue weighted by Crippen LogP contribution is -2.30. The van der Waals surface area contributed by atoms with E-state index >= 15 is 0 Å². The Morgan fingerprint density at radius 3 is 2.53 bits per heavy atom. The van der Waals surface area contributed by atoms with E-state index in [9.17, 15) is 4.79 Å². The van der Waals surface area contributed by atoms with E-state index in [-0.39, 0.29) is 12.2 Å². The summed E-state index contributed by atoms with van der Waals surface area (Å²) in [5, 5.41) is 4.01. The minimum atomic E-state index is -0.799. The summed E-state index contributed by atoms with van der Waals surface area (Å²) >= 11 is 0. The molecule has 0 saturated heterocycles. The van der Waals surface area contributed by atoms with Crippen molar-refractivity contribution in [1.82, 2.24) is 14.8 Å². The second kappa shape index (κ2) is 7.13. The van der Waals surface area contributed by atoms with E-state index in [1.807, 2.05) is 20.8 Å². The van der Waals surface area contributed by atoms with Gasteiger partial charge in [-0.05, 0) is 20.8 Å². The van der Waals surface area contributed by atoms with Crippen LogP contribution in [0.1, 0.15) is 26.6 Å². The zero-order valence-corrected chi connectivity index (χ0v) is 10.5. The molecule has 0 fully saturated rings. The Morgan fingerprint density at radius 2 is 2.00 bits per heavy atom. The SMILES string of the molecule is CCOC(OCC)C(=O)Cc1ncnn1CC. The van der Waals surface area contributed by atoms with Crippen LogP contribution in [0.4, 0.5) is 0 Å². The first-order chi connectivity index (χ1) is 8.22. The number of carbonyl (C=O) groups is 1. The van der Waals surface area contributed by atoms with Gasteiger partial charge in [-0.2, -0.15) is 5.10 Å². The van der Waals surface area contributed by atoms with Gasteiger partial charge in [0.05, 0.1) is 6.42 Å². The van der Waals surface area contributed by atoms with Crippen molar-refractivity contribution in [2.24, 2.45) is 0 Å². The van der Waals surface area contributed by atoms with Crippen LogP contribution >= 0.6 is 0 Å². The van der Waals surface area contributed by atoms with Crippen molar-refractivity contribution in [3.05, 3.63) is 12.2 Å². The van der Waals surface area contributed by atoms with E-state index in [1.165, 1.54) is 6.33 Å². The predicted octanol–water partition coefficient (Wildman–Crippen LogP) is 0.809. The largest absolute Gasteiger partial charge is 0.346 e. The quantitative estimate of drug-likeness (QED) is 0.630. The van der Waals surface area contributed by atoms with Gasteiger partial charge in [0.2, 0.25) is 6.29 Å². The number of Topliss-reactive ketones (excluding diaryl/α,β-unsaturated/α-hetero) is 1. The molecule has 0 amide bonds. The maximum atomic E-state index is 11.9. The molecule has 0 aliphatic rings. The van der Waals surface area contributed by atoms with Gasteiger partial charge >= 0.3 is 0 Å². The van der Waals surface area contributed by atoms with Crippen LogP contribution in [0.25, 0.3) is 0 Å². The van der Waals surface area contributed by atoms with Crippen LogP contribution in [0.5, 0.6) is 0 Å². The average Bonchev–Trinajstić information content (AvgIpc) is 2.76. The summed E-state index contributed by atoms with van der Waals surface area (Å²) in [7, 11) is 0. The van der Waals surface area contributed by atoms with Crippen LogP contribution < -0.4 is 0 Å². The van der Waals surface area contributed by atoms with Gasteiger partial charge in [0.1, 0.15) is 12.2 Å². The summed E-state index contributed by atoms with van der Waals surface area (Å²) in [6.07, 6.45) is 0.827. The van der Waals surface area contributed by atoms with E-state index in [4.69, 9.17) is 9.47 Å². The minimum absolute atomic E-state index is 0.128. The summed E-state index contributed by atoms with van der Waals surface area (Å²) < 4.78 is 12.2. The highest BCUT2D eigenvalue weighted by Gasteiger charge is 2.21. The third-order valence-electron chi connectivity index (χ3n) is 2.23. The van der Waals surface area contributed by atoms with Crippen LogP contribution in [0, 0.1) is 0 Å². The molecule has 1 heterocycles. The molecule has 0 atom stereocenters. The molecule has 0 radical (unpaired) electrons. The second-order valence-corrected chi connectivity index (χ2v) is 3.38. The van der Waals surface area contributed by atoms with Crippen molar-refractivity contribution in [2.45, 2.75) is 40.0 Å². The van der Waals surface area contributed by atoms with Crippen LogP contribution in [0.2, 0.25) is 0 Å². The fourth-order valence-corrected chi connectivity index (χ4v) is 1.47. The maximum absolute atomic E-state index is 11.9. The Hall–Kier alpha value is -1.27. The molecule has 0 spiro atoms. The van der Waals surface area contributed by atoms with Crippen LogP contribution in [0.15, 0.2) is 6.33 Å². The molecular weight excluding hydrogens is 222 g/mol. The van der Waals surface area contributed by atoms with Gasteiger partial charge < -0.3 is 9.47 Å². The van der Waals surface area contributed by atoms with Crippen molar-refractivity contribution < 1.29 is 14.3 Å². The van der Waals surface area contributed by atoms with E-state index in [0.29, 0.717) is 25.6 Å². The van der Waals surface area contributed by atoms with Crippen molar-refractivity contribution in [2.75, 3.05) is 13.2 Å². The van der Waals surface area contributed by atoms with E-state index in [1.54, 1.807) is 4.68 Å². The standard InChI is InChI=1S/C11H19N3O3/c1-4-14-10(12-8-13-14)7-9(15)11(16-5-2)17-6-3/h8,11H,4-7H2,1-3H3. The summed E-state index contributed by atoms with van der Waals surface area (Å²) in [4.78, 5) is 16.0. The number of ether oxygens (including phenoxy) is 2. The number of aromatic nitrogens is 3. The first-order valence-corrected chi connectivity index (χ1v) is 5.85. The highest BCUT2D eigenvalue weighted by Crippen LogP contribution is 2.03. The van der Waals surface area contributed by atoms with E-state index in [0.717, 1.165) is 0 Å². The highest BCUT2D eigenvalue weighted by atomic mass is 16.7. The smallest absolute Gasteiger partial charge is 0.218 e. The molecule has 17 heavy (non-hydrogen) atoms. The Morgan fingerprint density at radius 1 is 1.35 bits per heavy atom. The molecule has 96 valence electrons. The normalized spacial score (nSPS) is 11.1. The highest BCUT2D eigenvalue weighted by molar-refractivity contribution is 5.83. The molecule has 0 bridgehead atoms. The fraction of sp³-hybridized carbons (Fsp3) is 0.727. The summed E-state index contributed by atoms with van der Waals surface area (Å²) in [6, 6.07) is 0. The van der Waals surface area contributed by atoms with Gasteiger partial charge in [0.15, 0.2) is 5.78 Å². The average molecular weight is 241 g/mol. The third-order valence-corrected chi connectivity index (χ3v) is 2.23. The second-order valence-electron chi connectivity index (χ2n) is 3.38. The Bertz CT molecular complexity index is 345. The zero-order valence-electron chi connectivity index (χ0n) is 10.5. The Labute approximate surface area is 101 Å². The summed E-state index contributed by atoms with van der Waals surface area (Å²) in [6.45, 7) is 7.18. The van der Waals surface area contributed by atoms with Crippen molar-refractivity contribution in [1.29, 1.82) is 0 Å². The van der Waals surface area contributed by atoms with Crippen LogP contribution in [0.3, 0.4) is 0 Å². The molecular formula is C11H19N3O3. The number of carbonyl (C=O) groups excluding carboxylic acids is 1. The number of aryl methyl sites for hydroxylation is 1. The lowest BCUT2D eigenvalue weighted by Gasteiger charge is -2.15. The Kier molecular flexibility index (Phi) is 5.79. The maximum Gasteiger partial charge on any atom is 0.218 e. The zero-order chi connectivity index (χ0) is 12.7. The number of hydrogen-bond acceptors (Lipinski definition) is 5. The van der Waals surface area contributed by atoms with Crippen LogP contribution in [-0.4, -0.2) is 40.1 Å². The molecule has 0 aliphatic heterocycles. The Balaban J connectivity index is 2.62. The third kappa shape index (κ3) is 3.90.